The molecule has 1 fully saturated rings. The number of carbonyl (C=O) groups excluding carboxylic acids is 1. The number of aromatic nitrogens is 2. The molecule has 1 aromatic carbocycles. The molecule has 19 heavy (non-hydrogen) atoms. The summed E-state index contributed by atoms with van der Waals surface area (Å²) in [5.74, 6) is -0.178. The number of carbonyl (C=O) groups is 1. The zero-order valence-corrected chi connectivity index (χ0v) is 11.4. The predicted octanol–water partition coefficient (Wildman–Crippen LogP) is 2.75. The van der Waals surface area contributed by atoms with Crippen LogP contribution in [0.25, 0.3) is 5.69 Å². The highest BCUT2D eigenvalue weighted by molar-refractivity contribution is 8.27. The van der Waals surface area contributed by atoms with Crippen LogP contribution in [-0.2, 0) is 4.79 Å². The number of hydrogen-bond donors (Lipinski definition) is 0. The van der Waals surface area contributed by atoms with E-state index in [4.69, 9.17) is 12.2 Å². The van der Waals surface area contributed by atoms with E-state index < -0.39 is 0 Å². The lowest BCUT2D eigenvalue weighted by atomic mass is 10.3. The highest BCUT2D eigenvalue weighted by Gasteiger charge is 2.32. The largest absolute Gasteiger partial charge is 0.270 e. The number of amides is 1. The first-order valence-corrected chi connectivity index (χ1v) is 6.74. The fourth-order valence-electron chi connectivity index (χ4n) is 1.78. The van der Waals surface area contributed by atoms with Gasteiger partial charge in [-0.15, -0.1) is 0 Å². The fraction of sp³-hybridized carbons (Fsp3) is 0. The van der Waals surface area contributed by atoms with Gasteiger partial charge in [0.15, 0.2) is 4.32 Å². The number of hydrogen-bond acceptors (Lipinski definition) is 4. The van der Waals surface area contributed by atoms with Crippen molar-refractivity contribution in [2.24, 2.45) is 0 Å². The highest BCUT2D eigenvalue weighted by Crippen LogP contribution is 2.33. The first kappa shape index (κ1) is 12.1. The van der Waals surface area contributed by atoms with Gasteiger partial charge in [0, 0.05) is 0 Å². The Labute approximate surface area is 119 Å². The van der Waals surface area contributed by atoms with Crippen molar-refractivity contribution in [2.45, 2.75) is 0 Å². The molecule has 1 amide bonds. The summed E-state index contributed by atoms with van der Waals surface area (Å²) in [6.07, 6.45) is 3.40. The number of anilines is 1. The van der Waals surface area contributed by atoms with Crippen LogP contribution in [0.3, 0.4) is 0 Å². The maximum Gasteiger partial charge on any atom is 0.270 e. The van der Waals surface area contributed by atoms with Gasteiger partial charge in [-0.2, -0.15) is 5.10 Å². The fourth-order valence-corrected chi connectivity index (χ4v) is 2.93. The SMILES string of the molecule is C=C1SC(=S)N(c2cnn(-c3ccccc3)c2)C1=O. The van der Waals surface area contributed by atoms with Gasteiger partial charge in [-0.3, -0.25) is 9.69 Å². The van der Waals surface area contributed by atoms with Gasteiger partial charge in [0.1, 0.15) is 0 Å². The van der Waals surface area contributed by atoms with Gasteiger partial charge in [0.25, 0.3) is 5.91 Å². The molecule has 0 atom stereocenters. The molecule has 1 aliphatic heterocycles. The second-order valence-electron chi connectivity index (χ2n) is 3.91. The smallest absolute Gasteiger partial charge is 0.268 e. The van der Waals surface area contributed by atoms with Crippen LogP contribution >= 0.6 is 24.0 Å². The van der Waals surface area contributed by atoms with Gasteiger partial charge in [0.2, 0.25) is 0 Å². The van der Waals surface area contributed by atoms with Gasteiger partial charge >= 0.3 is 0 Å². The monoisotopic (exact) mass is 287 g/mol. The maximum atomic E-state index is 11.9. The van der Waals surface area contributed by atoms with E-state index in [1.165, 1.54) is 16.7 Å². The summed E-state index contributed by atoms with van der Waals surface area (Å²) < 4.78 is 2.19. The molecular formula is C13H9N3OS2. The van der Waals surface area contributed by atoms with Crippen LogP contribution in [0, 0.1) is 0 Å². The Hall–Kier alpha value is -1.92. The van der Waals surface area contributed by atoms with E-state index in [1.807, 2.05) is 30.3 Å². The van der Waals surface area contributed by atoms with Crippen LogP contribution in [0.4, 0.5) is 5.69 Å². The number of nitrogens with zero attached hydrogens (tertiary/aromatic N) is 3. The molecule has 0 radical (unpaired) electrons. The van der Waals surface area contributed by atoms with Crippen LogP contribution in [0.2, 0.25) is 0 Å². The normalized spacial score (nSPS) is 15.4. The molecular weight excluding hydrogens is 278 g/mol. The summed E-state index contributed by atoms with van der Waals surface area (Å²) in [5.41, 5.74) is 1.59. The Bertz CT molecular complexity index is 678. The molecule has 94 valence electrons. The lowest BCUT2D eigenvalue weighted by molar-refractivity contribution is -0.113. The minimum Gasteiger partial charge on any atom is -0.268 e. The van der Waals surface area contributed by atoms with Crippen LogP contribution in [0.15, 0.2) is 54.2 Å². The Balaban J connectivity index is 1.96. The van der Waals surface area contributed by atoms with E-state index in [9.17, 15) is 4.79 Å². The molecule has 2 heterocycles. The third kappa shape index (κ3) is 2.09. The van der Waals surface area contributed by atoms with E-state index >= 15 is 0 Å². The number of benzene rings is 1. The van der Waals surface area contributed by atoms with Crippen LogP contribution in [-0.4, -0.2) is 20.0 Å². The Morgan fingerprint density at radius 1 is 1.21 bits per heavy atom. The van der Waals surface area contributed by atoms with E-state index in [0.29, 0.717) is 14.9 Å². The summed E-state index contributed by atoms with van der Waals surface area (Å²) in [6.45, 7) is 3.68. The lowest BCUT2D eigenvalue weighted by Crippen LogP contribution is -2.26. The second kappa shape index (κ2) is 4.64. The topological polar surface area (TPSA) is 38.1 Å². The summed E-state index contributed by atoms with van der Waals surface area (Å²) in [4.78, 5) is 13.8. The Morgan fingerprint density at radius 3 is 2.58 bits per heavy atom. The zero-order chi connectivity index (χ0) is 13.4. The van der Waals surface area contributed by atoms with Crippen molar-refractivity contribution in [3.63, 3.8) is 0 Å². The van der Waals surface area contributed by atoms with Gasteiger partial charge < -0.3 is 0 Å². The Kier molecular flexibility index (Phi) is 2.96. The number of thiocarbonyl (C=S) groups is 1. The van der Waals surface area contributed by atoms with Crippen LogP contribution < -0.4 is 4.90 Å². The molecule has 0 spiro atoms. The van der Waals surface area contributed by atoms with Crippen molar-refractivity contribution in [1.82, 2.24) is 9.78 Å². The molecule has 0 saturated carbocycles. The molecule has 4 nitrogen and oxygen atoms in total. The standard InChI is InChI=1S/C13H9N3OS2/c1-9-12(17)16(13(18)19-9)11-7-14-15(8-11)10-5-3-2-4-6-10/h2-8H,1H2. The lowest BCUT2D eigenvalue weighted by Gasteiger charge is -2.10. The number of rotatable bonds is 2. The van der Waals surface area contributed by atoms with E-state index in [2.05, 4.69) is 11.7 Å². The molecule has 1 aliphatic rings. The second-order valence-corrected chi connectivity index (χ2v) is 5.64. The first-order valence-electron chi connectivity index (χ1n) is 5.52. The minimum absolute atomic E-state index is 0.178. The molecule has 1 aromatic heterocycles. The van der Waals surface area contributed by atoms with Crippen molar-refractivity contribution in [3.8, 4) is 5.69 Å². The van der Waals surface area contributed by atoms with E-state index in [0.717, 1.165) is 5.69 Å². The third-order valence-electron chi connectivity index (χ3n) is 2.68. The van der Waals surface area contributed by atoms with Gasteiger partial charge in [-0.25, -0.2) is 4.68 Å². The highest BCUT2D eigenvalue weighted by atomic mass is 32.2. The molecule has 0 unspecified atom stereocenters. The van der Waals surface area contributed by atoms with Crippen LogP contribution in [0.1, 0.15) is 0 Å². The molecule has 0 N–H and O–H groups in total. The molecule has 6 heteroatoms. The average molecular weight is 287 g/mol. The molecule has 0 aliphatic carbocycles. The van der Waals surface area contributed by atoms with Crippen molar-refractivity contribution in [2.75, 3.05) is 4.90 Å². The van der Waals surface area contributed by atoms with E-state index in [-0.39, 0.29) is 5.91 Å². The molecule has 0 bridgehead atoms. The summed E-state index contributed by atoms with van der Waals surface area (Å²) in [6, 6.07) is 9.68. The van der Waals surface area contributed by atoms with Crippen molar-refractivity contribution in [3.05, 3.63) is 54.2 Å². The molecule has 2 aromatic rings. The zero-order valence-electron chi connectivity index (χ0n) is 9.81. The predicted molar refractivity (Wildman–Crippen MR) is 80.4 cm³/mol. The molecule has 3 rings (SSSR count). The minimum atomic E-state index is -0.178. The first-order chi connectivity index (χ1) is 9.16. The van der Waals surface area contributed by atoms with E-state index in [1.54, 1.807) is 17.1 Å². The summed E-state index contributed by atoms with van der Waals surface area (Å²) in [7, 11) is 0. The van der Waals surface area contributed by atoms with Gasteiger partial charge in [0.05, 0.1) is 28.7 Å². The number of para-hydroxylation sites is 1. The van der Waals surface area contributed by atoms with Crippen molar-refractivity contribution in [1.29, 1.82) is 0 Å². The van der Waals surface area contributed by atoms with Crippen molar-refractivity contribution >= 4 is 39.9 Å². The van der Waals surface area contributed by atoms with Crippen LogP contribution in [0.5, 0.6) is 0 Å². The Morgan fingerprint density at radius 2 is 1.95 bits per heavy atom. The van der Waals surface area contributed by atoms with Crippen molar-refractivity contribution < 1.29 is 4.79 Å². The summed E-state index contributed by atoms with van der Waals surface area (Å²) >= 11 is 6.39. The third-order valence-corrected chi connectivity index (χ3v) is 3.89. The summed E-state index contributed by atoms with van der Waals surface area (Å²) in [5, 5.41) is 4.25. The molecule has 1 saturated heterocycles. The maximum absolute atomic E-state index is 11.9. The number of thioether (sulfide) groups is 1. The van der Waals surface area contributed by atoms with Gasteiger partial charge in [-0.1, -0.05) is 48.8 Å². The quantitative estimate of drug-likeness (QED) is 0.629. The average Bonchev–Trinajstić information content (AvgIpc) is 2.97. The van der Waals surface area contributed by atoms with Gasteiger partial charge in [-0.05, 0) is 12.1 Å².